The smallest absolute Gasteiger partial charge is 0.379 e. The Kier molecular flexibility index (Phi) is 7.31. The van der Waals surface area contributed by atoms with Crippen LogP contribution in [0.15, 0.2) is 45.7 Å². The summed E-state index contributed by atoms with van der Waals surface area (Å²) in [5.74, 6) is -0.501. The lowest BCUT2D eigenvalue weighted by atomic mass is 10.0. The number of nitrogens with zero attached hydrogens (tertiary/aromatic N) is 4. The van der Waals surface area contributed by atoms with Crippen molar-refractivity contribution >= 4 is 22.4 Å². The van der Waals surface area contributed by atoms with Gasteiger partial charge in [0.1, 0.15) is 17.6 Å². The Hall–Kier alpha value is -4.23. The number of aromatic nitrogens is 4. The predicted molar refractivity (Wildman–Crippen MR) is 130 cm³/mol. The number of anilines is 1. The van der Waals surface area contributed by atoms with Crippen LogP contribution >= 0.6 is 11.3 Å². The van der Waals surface area contributed by atoms with Gasteiger partial charge in [-0.3, -0.25) is 10.1 Å². The highest BCUT2D eigenvalue weighted by Crippen LogP contribution is 2.42. The minimum absolute atomic E-state index is 0.179. The molecule has 0 aliphatic carbocycles. The lowest BCUT2D eigenvalue weighted by molar-refractivity contribution is 0.0986. The predicted octanol–water partition coefficient (Wildman–Crippen LogP) is 2.68. The third-order valence-corrected chi connectivity index (χ3v) is 5.87. The van der Waals surface area contributed by atoms with Crippen molar-refractivity contribution in [1.82, 2.24) is 20.0 Å². The van der Waals surface area contributed by atoms with E-state index in [1.165, 1.54) is 20.3 Å². The molecular formula is C23H23N5O7S. The zero-order valence-electron chi connectivity index (χ0n) is 19.8. The second-order valence-corrected chi connectivity index (χ2v) is 8.47. The van der Waals surface area contributed by atoms with Gasteiger partial charge in [-0.15, -0.1) is 10.2 Å². The fraction of sp³-hybridized carbons (Fsp3) is 0.261. The van der Waals surface area contributed by atoms with Crippen molar-refractivity contribution in [2.24, 2.45) is 0 Å². The number of methoxy groups -OCH3 is 2. The maximum atomic E-state index is 13.0. The maximum Gasteiger partial charge on any atom is 0.379 e. The van der Waals surface area contributed by atoms with Crippen molar-refractivity contribution in [2.75, 3.05) is 26.1 Å². The second-order valence-electron chi connectivity index (χ2n) is 7.52. The van der Waals surface area contributed by atoms with Gasteiger partial charge in [-0.05, 0) is 38.1 Å². The van der Waals surface area contributed by atoms with Gasteiger partial charge in [0, 0.05) is 17.5 Å². The topological polar surface area (TPSA) is 151 Å². The third-order valence-electron chi connectivity index (χ3n) is 5.05. The molecule has 4 rings (SSSR count). The normalized spacial score (nSPS) is 11.7. The molecule has 0 saturated carbocycles. The molecule has 0 fully saturated rings. The van der Waals surface area contributed by atoms with E-state index in [4.69, 9.17) is 18.6 Å². The summed E-state index contributed by atoms with van der Waals surface area (Å²) >= 11 is 1.09. The van der Waals surface area contributed by atoms with Crippen LogP contribution in [0.3, 0.4) is 0 Å². The van der Waals surface area contributed by atoms with Crippen LogP contribution in [-0.2, 0) is 0 Å². The van der Waals surface area contributed by atoms with E-state index in [0.29, 0.717) is 22.2 Å². The highest BCUT2D eigenvalue weighted by atomic mass is 32.1. The van der Waals surface area contributed by atoms with Crippen LogP contribution < -0.4 is 25.2 Å². The summed E-state index contributed by atoms with van der Waals surface area (Å²) < 4.78 is 23.5. The molecule has 1 amide bonds. The SMILES string of the molecule is COc1cccc(OC)c1-c1cc(C(=O)Nc2nnc(-n3nccc3C)s2)oc(=O)c1O[C@@H](C)CO. The van der Waals surface area contributed by atoms with E-state index in [0.717, 1.165) is 17.0 Å². The van der Waals surface area contributed by atoms with Gasteiger partial charge in [0.15, 0.2) is 5.76 Å². The number of benzene rings is 1. The molecule has 3 aromatic heterocycles. The van der Waals surface area contributed by atoms with Crippen LogP contribution in [0.25, 0.3) is 16.3 Å². The molecule has 0 spiro atoms. The van der Waals surface area contributed by atoms with E-state index in [-0.39, 0.29) is 28.8 Å². The standard InChI is InChI=1S/C23H23N5O7S/c1-12-8-9-24-28(12)23-27-26-22(36-23)25-20(30)17-10-14(19(21(31)35-17)34-13(2)11-29)18-15(32-3)6-5-7-16(18)33-4/h5-10,13,29H,11H2,1-4H3,(H,25,26,30)/t13-/m0/s1. The molecule has 36 heavy (non-hydrogen) atoms. The highest BCUT2D eigenvalue weighted by molar-refractivity contribution is 7.17. The Bertz CT molecular complexity index is 1420. The molecule has 0 aliphatic rings. The fourth-order valence-electron chi connectivity index (χ4n) is 3.33. The summed E-state index contributed by atoms with van der Waals surface area (Å²) in [6.07, 6.45) is 0.899. The van der Waals surface area contributed by atoms with Crippen LogP contribution in [0.5, 0.6) is 17.2 Å². The second kappa shape index (κ2) is 10.6. The first-order chi connectivity index (χ1) is 17.4. The molecular weight excluding hydrogens is 490 g/mol. The molecule has 188 valence electrons. The average Bonchev–Trinajstić information content (AvgIpc) is 3.52. The van der Waals surface area contributed by atoms with Gasteiger partial charge in [0.2, 0.25) is 16.0 Å². The number of nitrogens with one attached hydrogen (secondary N) is 1. The molecule has 12 nitrogen and oxygen atoms in total. The molecule has 0 saturated heterocycles. The number of aliphatic hydroxyl groups excluding tert-OH is 1. The molecule has 0 bridgehead atoms. The van der Waals surface area contributed by atoms with Crippen LogP contribution in [0.1, 0.15) is 23.2 Å². The van der Waals surface area contributed by atoms with Crippen molar-refractivity contribution in [3.8, 4) is 33.5 Å². The molecule has 13 heteroatoms. The number of aryl methyl sites for hydroxylation is 1. The molecule has 4 aromatic rings. The van der Waals surface area contributed by atoms with Crippen LogP contribution in [0.4, 0.5) is 5.13 Å². The molecule has 1 atom stereocenters. The van der Waals surface area contributed by atoms with E-state index in [1.807, 2.05) is 13.0 Å². The van der Waals surface area contributed by atoms with Crippen LogP contribution in [0.2, 0.25) is 0 Å². The zero-order valence-corrected chi connectivity index (χ0v) is 20.7. The maximum absolute atomic E-state index is 13.0. The lowest BCUT2D eigenvalue weighted by Gasteiger charge is -2.18. The van der Waals surface area contributed by atoms with Crippen LogP contribution in [-0.4, -0.2) is 57.9 Å². The van der Waals surface area contributed by atoms with E-state index >= 15 is 0 Å². The van der Waals surface area contributed by atoms with E-state index in [9.17, 15) is 14.7 Å². The van der Waals surface area contributed by atoms with Gasteiger partial charge in [-0.25, -0.2) is 9.48 Å². The van der Waals surface area contributed by atoms with Gasteiger partial charge in [0.05, 0.1) is 26.4 Å². The van der Waals surface area contributed by atoms with Crippen molar-refractivity contribution < 1.29 is 28.5 Å². The van der Waals surface area contributed by atoms with Gasteiger partial charge in [-0.2, -0.15) is 5.10 Å². The van der Waals surface area contributed by atoms with Crippen molar-refractivity contribution in [2.45, 2.75) is 20.0 Å². The van der Waals surface area contributed by atoms with Crippen LogP contribution in [0, 0.1) is 6.92 Å². The van der Waals surface area contributed by atoms with Gasteiger partial charge in [0.25, 0.3) is 5.91 Å². The molecule has 0 aliphatic heterocycles. The Labute approximate surface area is 209 Å². The van der Waals surface area contributed by atoms with E-state index in [1.54, 1.807) is 36.0 Å². The van der Waals surface area contributed by atoms with E-state index in [2.05, 4.69) is 20.6 Å². The summed E-state index contributed by atoms with van der Waals surface area (Å²) in [6, 6.07) is 8.21. The largest absolute Gasteiger partial charge is 0.496 e. The number of carbonyl (C=O) groups is 1. The minimum atomic E-state index is -0.920. The summed E-state index contributed by atoms with van der Waals surface area (Å²) in [5.41, 5.74) is 0.488. The first-order valence-electron chi connectivity index (χ1n) is 10.7. The molecule has 3 heterocycles. The number of hydrogen-bond donors (Lipinski definition) is 2. The molecule has 2 N–H and O–H groups in total. The number of aliphatic hydroxyl groups is 1. The Morgan fingerprint density at radius 1 is 1.22 bits per heavy atom. The first kappa shape index (κ1) is 24.9. The molecule has 0 unspecified atom stereocenters. The number of amides is 1. The highest BCUT2D eigenvalue weighted by Gasteiger charge is 2.25. The number of ether oxygens (including phenoxy) is 3. The zero-order chi connectivity index (χ0) is 25.8. The monoisotopic (exact) mass is 513 g/mol. The van der Waals surface area contributed by atoms with E-state index < -0.39 is 17.6 Å². The summed E-state index contributed by atoms with van der Waals surface area (Å²) in [7, 11) is 2.92. The number of hydrogen-bond acceptors (Lipinski definition) is 11. The third kappa shape index (κ3) is 4.92. The Morgan fingerprint density at radius 3 is 2.56 bits per heavy atom. The number of carbonyl (C=O) groups excluding carboxylic acids is 1. The minimum Gasteiger partial charge on any atom is -0.496 e. The van der Waals surface area contributed by atoms with Crippen molar-refractivity contribution in [1.29, 1.82) is 0 Å². The average molecular weight is 514 g/mol. The van der Waals surface area contributed by atoms with Gasteiger partial charge in [-0.1, -0.05) is 17.4 Å². The lowest BCUT2D eigenvalue weighted by Crippen LogP contribution is -2.22. The Balaban J connectivity index is 1.76. The van der Waals surface area contributed by atoms with Gasteiger partial charge < -0.3 is 23.7 Å². The fourth-order valence-corrected chi connectivity index (χ4v) is 4.08. The quantitative estimate of drug-likeness (QED) is 0.342. The summed E-state index contributed by atoms with van der Waals surface area (Å²) in [5, 5.41) is 24.8. The summed E-state index contributed by atoms with van der Waals surface area (Å²) in [6.45, 7) is 3.09. The van der Waals surface area contributed by atoms with Crippen molar-refractivity contribution in [3.05, 3.63) is 58.4 Å². The number of rotatable bonds is 9. The first-order valence-corrected chi connectivity index (χ1v) is 11.5. The van der Waals surface area contributed by atoms with Gasteiger partial charge >= 0.3 is 5.63 Å². The Morgan fingerprint density at radius 2 is 1.94 bits per heavy atom. The van der Waals surface area contributed by atoms with Crippen molar-refractivity contribution in [3.63, 3.8) is 0 Å². The molecule has 0 radical (unpaired) electrons. The molecule has 1 aromatic carbocycles. The summed E-state index contributed by atoms with van der Waals surface area (Å²) in [4.78, 5) is 26.0.